The van der Waals surface area contributed by atoms with Gasteiger partial charge in [0.2, 0.25) is 5.60 Å². The lowest BCUT2D eigenvalue weighted by Gasteiger charge is -2.53. The third-order valence-electron chi connectivity index (χ3n) is 6.85. The zero-order chi connectivity index (χ0) is 15.9. The van der Waals surface area contributed by atoms with Gasteiger partial charge >= 0.3 is 11.9 Å². The molecular weight excluding hydrogens is 292 g/mol. The average molecular weight is 310 g/mol. The van der Waals surface area contributed by atoms with Gasteiger partial charge in [-0.1, -0.05) is 0 Å². The van der Waals surface area contributed by atoms with Gasteiger partial charge in [-0.3, -0.25) is 4.79 Å². The van der Waals surface area contributed by atoms with E-state index in [-0.39, 0.29) is 6.42 Å². The Labute approximate surface area is 126 Å². The van der Waals surface area contributed by atoms with Crippen molar-refractivity contribution in [1.82, 2.24) is 0 Å². The Bertz CT molecular complexity index is 638. The van der Waals surface area contributed by atoms with Crippen molar-refractivity contribution in [3.05, 3.63) is 0 Å². The predicted octanol–water partition coefficient (Wildman–Crippen LogP) is -0.867. The van der Waals surface area contributed by atoms with Crippen LogP contribution >= 0.6 is 0 Å². The number of hydrogen-bond acceptors (Lipinski definition) is 7. The van der Waals surface area contributed by atoms with Gasteiger partial charge in [-0.25, -0.2) is 4.79 Å². The van der Waals surface area contributed by atoms with Crippen LogP contribution in [0.2, 0.25) is 0 Å². The lowest BCUT2D eigenvalue weighted by atomic mass is 9.52. The summed E-state index contributed by atoms with van der Waals surface area (Å²) in [5.74, 6) is -2.51. The molecule has 2 bridgehead atoms. The minimum absolute atomic E-state index is 0.189. The van der Waals surface area contributed by atoms with Crippen molar-refractivity contribution in [2.45, 2.75) is 62.3 Å². The summed E-state index contributed by atoms with van der Waals surface area (Å²) in [7, 11) is 0. The molecule has 2 saturated carbocycles. The van der Waals surface area contributed by atoms with Crippen molar-refractivity contribution in [3.63, 3.8) is 0 Å². The summed E-state index contributed by atoms with van der Waals surface area (Å²) in [4.78, 5) is 24.8. The molecule has 0 aromatic heterocycles. The number of epoxide rings is 1. The third kappa shape index (κ3) is 0.962. The molecule has 3 saturated heterocycles. The summed E-state index contributed by atoms with van der Waals surface area (Å²) in [6.07, 6.45) is -1.78. The van der Waals surface area contributed by atoms with Gasteiger partial charge in [0.15, 0.2) is 6.10 Å². The van der Waals surface area contributed by atoms with Crippen LogP contribution < -0.4 is 0 Å². The van der Waals surface area contributed by atoms with Crippen LogP contribution in [0, 0.1) is 17.3 Å². The Hall–Kier alpha value is -1.18. The number of fused-ring (bicyclic) bond motifs is 4. The van der Waals surface area contributed by atoms with E-state index in [9.17, 15) is 19.8 Å². The summed E-state index contributed by atoms with van der Waals surface area (Å²) in [5.41, 5.74) is -4.89. The highest BCUT2D eigenvalue weighted by atomic mass is 16.7. The van der Waals surface area contributed by atoms with Crippen LogP contribution in [-0.4, -0.2) is 57.3 Å². The van der Waals surface area contributed by atoms with Crippen LogP contribution in [0.4, 0.5) is 0 Å². The van der Waals surface area contributed by atoms with Crippen LogP contribution in [0.15, 0.2) is 0 Å². The maximum absolute atomic E-state index is 12.4. The van der Waals surface area contributed by atoms with Crippen molar-refractivity contribution in [1.29, 1.82) is 0 Å². The summed E-state index contributed by atoms with van der Waals surface area (Å²) < 4.78 is 16.5. The number of carbonyl (C=O) groups excluding carboxylic acids is 2. The van der Waals surface area contributed by atoms with Crippen molar-refractivity contribution in [3.8, 4) is 0 Å². The number of hydrogen-bond donors (Lipinski definition) is 2. The van der Waals surface area contributed by atoms with E-state index >= 15 is 0 Å². The molecule has 0 unspecified atom stereocenters. The molecule has 120 valence electrons. The number of rotatable bonds is 1. The molecule has 8 atom stereocenters. The van der Waals surface area contributed by atoms with Crippen molar-refractivity contribution < 1.29 is 34.0 Å². The van der Waals surface area contributed by atoms with Gasteiger partial charge in [0.05, 0.1) is 22.5 Å². The van der Waals surface area contributed by atoms with Crippen LogP contribution in [0.3, 0.4) is 0 Å². The molecule has 0 amide bonds. The molecule has 0 aromatic rings. The number of ether oxygens (including phenoxy) is 3. The van der Waals surface area contributed by atoms with E-state index in [1.807, 2.05) is 0 Å². The van der Waals surface area contributed by atoms with Crippen molar-refractivity contribution >= 4 is 11.9 Å². The number of esters is 2. The van der Waals surface area contributed by atoms with Crippen molar-refractivity contribution in [2.24, 2.45) is 17.3 Å². The number of carbonyl (C=O) groups is 2. The second-order valence-corrected chi connectivity index (χ2v) is 8.06. The maximum atomic E-state index is 12.4. The largest absolute Gasteiger partial charge is 0.458 e. The fourth-order valence-corrected chi connectivity index (χ4v) is 5.83. The first-order valence-electron chi connectivity index (χ1n) is 7.63. The Kier molecular flexibility index (Phi) is 1.85. The van der Waals surface area contributed by atoms with Gasteiger partial charge < -0.3 is 24.4 Å². The van der Waals surface area contributed by atoms with E-state index in [1.54, 1.807) is 20.8 Å². The minimum Gasteiger partial charge on any atom is -0.458 e. The SMILES string of the molecule is CC(C)(O)[C@@H]1[C@H]2OC(=O)[C@@H]1[C@@]1(O)C[C@H]3O[C@]34C(=O)O[C@@H]2[C@@]41C. The molecule has 5 fully saturated rings. The van der Waals surface area contributed by atoms with E-state index in [4.69, 9.17) is 14.2 Å². The molecule has 3 aliphatic heterocycles. The molecule has 1 spiro atoms. The molecular formula is C15H18O7. The molecule has 7 nitrogen and oxygen atoms in total. The van der Waals surface area contributed by atoms with E-state index in [2.05, 4.69) is 0 Å². The van der Waals surface area contributed by atoms with Gasteiger partial charge in [-0.15, -0.1) is 0 Å². The van der Waals surface area contributed by atoms with Crippen LogP contribution in [-0.2, 0) is 23.8 Å². The highest BCUT2D eigenvalue weighted by Gasteiger charge is 2.95. The smallest absolute Gasteiger partial charge is 0.342 e. The molecule has 5 rings (SSSR count). The highest BCUT2D eigenvalue weighted by Crippen LogP contribution is 2.77. The van der Waals surface area contributed by atoms with Gasteiger partial charge in [-0.2, -0.15) is 0 Å². The van der Waals surface area contributed by atoms with Gasteiger partial charge in [0, 0.05) is 12.3 Å². The first-order valence-corrected chi connectivity index (χ1v) is 7.63. The average Bonchev–Trinajstić information content (AvgIpc) is 2.85. The fourth-order valence-electron chi connectivity index (χ4n) is 5.83. The van der Waals surface area contributed by atoms with E-state index in [0.29, 0.717) is 0 Å². The summed E-state index contributed by atoms with van der Waals surface area (Å²) in [6.45, 7) is 4.92. The second-order valence-electron chi connectivity index (χ2n) is 8.06. The molecule has 7 heteroatoms. The zero-order valence-electron chi connectivity index (χ0n) is 12.5. The summed E-state index contributed by atoms with van der Waals surface area (Å²) in [6, 6.07) is 0. The van der Waals surface area contributed by atoms with E-state index in [0.717, 1.165) is 0 Å². The molecule has 0 radical (unpaired) electrons. The van der Waals surface area contributed by atoms with Crippen LogP contribution in [0.1, 0.15) is 27.2 Å². The molecule has 2 aliphatic carbocycles. The summed E-state index contributed by atoms with van der Waals surface area (Å²) >= 11 is 0. The molecule has 0 aromatic carbocycles. The quantitative estimate of drug-likeness (QED) is 0.479. The highest BCUT2D eigenvalue weighted by molar-refractivity contribution is 5.91. The lowest BCUT2D eigenvalue weighted by Crippen LogP contribution is -2.68. The second kappa shape index (κ2) is 3.07. The van der Waals surface area contributed by atoms with Crippen molar-refractivity contribution in [2.75, 3.05) is 0 Å². The standard InChI is InChI=1S/C15H18O7/c1-12(2,18)6-7-10(16)20-8(6)9-13(3)14(7,19)4-5-15(13,22-5)11(17)21-9/h5-9,18-19H,4H2,1-3H3/t5-,6+,7-,8-,9+,13-,14+,15+/m1/s1. The van der Waals surface area contributed by atoms with Gasteiger partial charge in [-0.05, 0) is 20.8 Å². The Morgan fingerprint density at radius 1 is 1.27 bits per heavy atom. The third-order valence-corrected chi connectivity index (χ3v) is 6.85. The first-order chi connectivity index (χ1) is 10.1. The number of aliphatic hydroxyl groups is 2. The van der Waals surface area contributed by atoms with Gasteiger partial charge in [0.25, 0.3) is 0 Å². The molecule has 2 N–H and O–H groups in total. The Balaban J connectivity index is 1.76. The predicted molar refractivity (Wildman–Crippen MR) is 68.3 cm³/mol. The normalized spacial score (nSPS) is 60.7. The summed E-state index contributed by atoms with van der Waals surface area (Å²) in [5, 5.41) is 21.9. The molecule has 5 aliphatic rings. The van der Waals surface area contributed by atoms with E-state index < -0.39 is 64.3 Å². The van der Waals surface area contributed by atoms with Gasteiger partial charge in [0.1, 0.15) is 12.2 Å². The topological polar surface area (TPSA) is 106 Å². The Morgan fingerprint density at radius 3 is 2.59 bits per heavy atom. The van der Waals surface area contributed by atoms with Crippen LogP contribution in [0.25, 0.3) is 0 Å². The Morgan fingerprint density at radius 2 is 1.95 bits per heavy atom. The minimum atomic E-state index is -1.47. The monoisotopic (exact) mass is 310 g/mol. The maximum Gasteiger partial charge on any atom is 0.342 e. The zero-order valence-corrected chi connectivity index (χ0v) is 12.5. The van der Waals surface area contributed by atoms with Crippen LogP contribution in [0.5, 0.6) is 0 Å². The molecule has 3 heterocycles. The first kappa shape index (κ1) is 13.3. The molecule has 22 heavy (non-hydrogen) atoms. The lowest BCUT2D eigenvalue weighted by molar-refractivity contribution is -0.223. The fraction of sp³-hybridized carbons (Fsp3) is 0.867. The van der Waals surface area contributed by atoms with E-state index in [1.165, 1.54) is 0 Å².